The highest BCUT2D eigenvalue weighted by atomic mass is 35.5. The second-order valence-corrected chi connectivity index (χ2v) is 9.75. The third kappa shape index (κ3) is 6.27. The molecule has 0 unspecified atom stereocenters. The number of alkyl halides is 2. The lowest BCUT2D eigenvalue weighted by molar-refractivity contribution is -0.111. The summed E-state index contributed by atoms with van der Waals surface area (Å²) in [5.74, 6) is -3.22. The number of rotatable bonds is 7. The third-order valence-electron chi connectivity index (χ3n) is 4.35. The van der Waals surface area contributed by atoms with Crippen LogP contribution in [-0.2, 0) is 19.6 Å². The van der Waals surface area contributed by atoms with Gasteiger partial charge in [-0.25, -0.2) is 8.42 Å². The number of carbonyl (C=O) groups excluding carboxylic acids is 1. The van der Waals surface area contributed by atoms with Crippen LogP contribution >= 0.6 is 23.4 Å². The number of halogens is 3. The zero-order valence-corrected chi connectivity index (χ0v) is 18.5. The Balaban J connectivity index is 1.67. The van der Waals surface area contributed by atoms with Gasteiger partial charge in [-0.2, -0.15) is 13.1 Å². The van der Waals surface area contributed by atoms with Crippen molar-refractivity contribution in [3.05, 3.63) is 59.1 Å². The van der Waals surface area contributed by atoms with Gasteiger partial charge in [-0.05, 0) is 35.9 Å². The normalized spacial score (nSPS) is 15.5. The van der Waals surface area contributed by atoms with Crippen LogP contribution < -0.4 is 5.32 Å². The molecule has 0 aromatic heterocycles. The summed E-state index contributed by atoms with van der Waals surface area (Å²) in [6.45, 7) is 1.33. The maximum absolute atomic E-state index is 12.7. The predicted octanol–water partition coefficient (Wildman–Crippen LogP) is 4.33. The Kier molecular flexibility index (Phi) is 8.06. The first-order valence-corrected chi connectivity index (χ1v) is 11.9. The van der Waals surface area contributed by atoms with E-state index in [1.807, 2.05) is 0 Å². The van der Waals surface area contributed by atoms with Crippen molar-refractivity contribution in [3.8, 4) is 0 Å². The fourth-order valence-electron chi connectivity index (χ4n) is 2.85. The average Bonchev–Trinajstić information content (AvgIpc) is 2.75. The second kappa shape index (κ2) is 10.6. The molecular weight excluding hydrogens is 470 g/mol. The van der Waals surface area contributed by atoms with E-state index >= 15 is 0 Å². The van der Waals surface area contributed by atoms with Crippen LogP contribution in [0.4, 0.5) is 14.5 Å². The predicted molar refractivity (Wildman–Crippen MR) is 117 cm³/mol. The Labute approximate surface area is 188 Å². The van der Waals surface area contributed by atoms with Gasteiger partial charge in [-0.15, -0.1) is 0 Å². The van der Waals surface area contributed by atoms with Crippen LogP contribution in [0.5, 0.6) is 0 Å². The number of thioether (sulfide) groups is 1. The molecule has 1 fully saturated rings. The first kappa shape index (κ1) is 23.7. The molecular formula is C20H19ClF2N2O4S2. The zero-order chi connectivity index (χ0) is 22.4. The van der Waals surface area contributed by atoms with Gasteiger partial charge in [0.05, 0.1) is 33.7 Å². The molecule has 1 heterocycles. The largest absolute Gasteiger partial charge is 0.379 e. The molecule has 2 aromatic rings. The summed E-state index contributed by atoms with van der Waals surface area (Å²) in [7, 11) is -3.60. The lowest BCUT2D eigenvalue weighted by Crippen LogP contribution is -2.40. The summed E-state index contributed by atoms with van der Waals surface area (Å²) in [6, 6.07) is 10.6. The van der Waals surface area contributed by atoms with Gasteiger partial charge in [0.25, 0.3) is 5.76 Å². The molecule has 0 bridgehead atoms. The van der Waals surface area contributed by atoms with Gasteiger partial charge in [0, 0.05) is 19.2 Å². The molecule has 11 heteroatoms. The van der Waals surface area contributed by atoms with Gasteiger partial charge in [-0.3, -0.25) is 4.79 Å². The number of hydrogen-bond donors (Lipinski definition) is 1. The van der Waals surface area contributed by atoms with E-state index in [2.05, 4.69) is 5.32 Å². The van der Waals surface area contributed by atoms with Crippen molar-refractivity contribution in [2.45, 2.75) is 15.5 Å². The number of sulfonamides is 1. The van der Waals surface area contributed by atoms with Crippen molar-refractivity contribution in [1.29, 1.82) is 0 Å². The molecule has 1 amide bonds. The van der Waals surface area contributed by atoms with E-state index in [4.69, 9.17) is 16.3 Å². The monoisotopic (exact) mass is 488 g/mol. The van der Waals surface area contributed by atoms with Gasteiger partial charge in [0.15, 0.2) is 0 Å². The fourth-order valence-corrected chi connectivity index (χ4v) is 5.17. The lowest BCUT2D eigenvalue weighted by atomic mass is 10.2. The first-order valence-electron chi connectivity index (χ1n) is 9.18. The van der Waals surface area contributed by atoms with E-state index in [1.54, 1.807) is 18.2 Å². The van der Waals surface area contributed by atoms with Crippen molar-refractivity contribution >= 4 is 51.1 Å². The maximum Gasteiger partial charge on any atom is 0.289 e. The molecule has 0 radical (unpaired) electrons. The SMILES string of the molecule is O=C(/C=C/c1ccc(S(=O)(=O)N2CCOCC2)cc1)Nc1cccc(Cl)c1SC(F)F. The molecule has 3 rings (SSSR count). The van der Waals surface area contributed by atoms with Crippen molar-refractivity contribution in [2.24, 2.45) is 0 Å². The number of morpholine rings is 1. The number of carbonyl (C=O) groups is 1. The number of benzene rings is 2. The van der Waals surface area contributed by atoms with Crippen LogP contribution in [0, 0.1) is 0 Å². The van der Waals surface area contributed by atoms with Gasteiger partial charge >= 0.3 is 0 Å². The van der Waals surface area contributed by atoms with Gasteiger partial charge in [0.2, 0.25) is 15.9 Å². The average molecular weight is 489 g/mol. The minimum atomic E-state index is -3.60. The summed E-state index contributed by atoms with van der Waals surface area (Å²) in [5, 5.41) is 2.64. The Bertz CT molecular complexity index is 1060. The molecule has 0 saturated carbocycles. The Hall–Kier alpha value is -1.98. The molecule has 6 nitrogen and oxygen atoms in total. The number of nitrogens with zero attached hydrogens (tertiary/aromatic N) is 1. The summed E-state index contributed by atoms with van der Waals surface area (Å²) >= 11 is 6.21. The topological polar surface area (TPSA) is 75.7 Å². The molecule has 31 heavy (non-hydrogen) atoms. The van der Waals surface area contributed by atoms with Crippen LogP contribution in [0.25, 0.3) is 6.08 Å². The van der Waals surface area contributed by atoms with Crippen LogP contribution in [0.3, 0.4) is 0 Å². The summed E-state index contributed by atoms with van der Waals surface area (Å²) < 4.78 is 57.3. The van der Waals surface area contributed by atoms with E-state index in [1.165, 1.54) is 40.7 Å². The highest BCUT2D eigenvalue weighted by Gasteiger charge is 2.26. The Morgan fingerprint density at radius 3 is 2.48 bits per heavy atom. The van der Waals surface area contributed by atoms with E-state index in [9.17, 15) is 22.0 Å². The van der Waals surface area contributed by atoms with Crippen LogP contribution in [-0.4, -0.2) is 50.7 Å². The number of anilines is 1. The molecule has 1 aliphatic heterocycles. The maximum atomic E-state index is 12.7. The van der Waals surface area contributed by atoms with Crippen molar-refractivity contribution in [2.75, 3.05) is 31.6 Å². The minimum absolute atomic E-state index is 0.0820. The number of hydrogen-bond acceptors (Lipinski definition) is 5. The van der Waals surface area contributed by atoms with Crippen molar-refractivity contribution in [1.82, 2.24) is 4.31 Å². The first-order chi connectivity index (χ1) is 14.8. The van der Waals surface area contributed by atoms with E-state index in [0.717, 1.165) is 0 Å². The van der Waals surface area contributed by atoms with E-state index in [-0.39, 0.29) is 32.3 Å². The molecule has 0 spiro atoms. The quantitative estimate of drug-likeness (QED) is 0.464. The molecule has 1 saturated heterocycles. The van der Waals surface area contributed by atoms with Gasteiger partial charge in [-0.1, -0.05) is 41.6 Å². The molecule has 1 N–H and O–H groups in total. The van der Waals surface area contributed by atoms with E-state index < -0.39 is 21.7 Å². The third-order valence-corrected chi connectivity index (χ3v) is 7.54. The fraction of sp³-hybridized carbons (Fsp3) is 0.250. The minimum Gasteiger partial charge on any atom is -0.379 e. The number of nitrogens with one attached hydrogen (secondary N) is 1. The Morgan fingerprint density at radius 1 is 1.16 bits per heavy atom. The van der Waals surface area contributed by atoms with Crippen molar-refractivity contribution in [3.63, 3.8) is 0 Å². The van der Waals surface area contributed by atoms with Crippen LogP contribution in [0.2, 0.25) is 5.02 Å². The molecule has 2 aromatic carbocycles. The molecule has 1 aliphatic rings. The molecule has 0 atom stereocenters. The summed E-state index contributed by atoms with van der Waals surface area (Å²) in [5.41, 5.74) is 0.781. The lowest BCUT2D eigenvalue weighted by Gasteiger charge is -2.26. The van der Waals surface area contributed by atoms with Gasteiger partial charge < -0.3 is 10.1 Å². The standard InChI is InChI=1S/C20H19ClF2N2O4S2/c21-16-2-1-3-17(19(16)30-20(22)23)24-18(26)9-6-14-4-7-15(8-5-14)31(27,28)25-10-12-29-13-11-25/h1-9,20H,10-13H2,(H,24,26)/b9-6+. The summed E-state index contributed by atoms with van der Waals surface area (Å²) in [4.78, 5) is 12.5. The Morgan fingerprint density at radius 2 is 1.84 bits per heavy atom. The van der Waals surface area contributed by atoms with Crippen LogP contribution in [0.15, 0.2) is 58.3 Å². The molecule has 166 valence electrons. The van der Waals surface area contributed by atoms with Crippen LogP contribution in [0.1, 0.15) is 5.56 Å². The number of ether oxygens (including phenoxy) is 1. The van der Waals surface area contributed by atoms with Gasteiger partial charge in [0.1, 0.15) is 0 Å². The zero-order valence-electron chi connectivity index (χ0n) is 16.1. The summed E-state index contributed by atoms with van der Waals surface area (Å²) in [6.07, 6.45) is 2.72. The van der Waals surface area contributed by atoms with E-state index in [0.29, 0.717) is 31.9 Å². The molecule has 0 aliphatic carbocycles. The highest BCUT2D eigenvalue weighted by molar-refractivity contribution is 7.99. The number of amides is 1. The smallest absolute Gasteiger partial charge is 0.289 e. The van der Waals surface area contributed by atoms with Crippen molar-refractivity contribution < 1.29 is 26.7 Å². The second-order valence-electron chi connectivity index (χ2n) is 6.40. The highest BCUT2D eigenvalue weighted by Crippen LogP contribution is 2.37.